The smallest absolute Gasteiger partial charge is 0.351 e. The SMILES string of the molecule is Cc1cc(C(=O)CN(C)CC(F)(F)F)c(C)n1C. The number of halogens is 3. The number of rotatable bonds is 4. The average molecular weight is 262 g/mol. The maximum atomic E-state index is 12.1. The molecule has 0 unspecified atom stereocenters. The van der Waals surface area contributed by atoms with Crippen LogP contribution in [-0.4, -0.2) is 41.6 Å². The molecule has 18 heavy (non-hydrogen) atoms. The lowest BCUT2D eigenvalue weighted by molar-refractivity contribution is -0.141. The van der Waals surface area contributed by atoms with Gasteiger partial charge in [0.2, 0.25) is 0 Å². The molecule has 0 bridgehead atoms. The molecule has 1 rings (SSSR count). The lowest BCUT2D eigenvalue weighted by Gasteiger charge is -2.17. The second-order valence-electron chi connectivity index (χ2n) is 4.55. The number of alkyl halides is 3. The Bertz CT molecular complexity index is 449. The summed E-state index contributed by atoms with van der Waals surface area (Å²) in [6, 6.07) is 1.71. The van der Waals surface area contributed by atoms with Gasteiger partial charge in [-0.15, -0.1) is 0 Å². The molecule has 0 aliphatic heterocycles. The Labute approximate surface area is 104 Å². The second kappa shape index (κ2) is 5.14. The topological polar surface area (TPSA) is 25.2 Å². The van der Waals surface area contributed by atoms with Crippen molar-refractivity contribution in [1.82, 2.24) is 9.47 Å². The molecular formula is C12H17F3N2O. The van der Waals surface area contributed by atoms with Gasteiger partial charge in [-0.2, -0.15) is 13.2 Å². The van der Waals surface area contributed by atoms with E-state index in [1.54, 1.807) is 13.0 Å². The molecule has 0 radical (unpaired) electrons. The minimum absolute atomic E-state index is 0.232. The standard InChI is InChI=1S/C12H17F3N2O/c1-8-5-10(9(2)17(8)4)11(18)6-16(3)7-12(13,14)15/h5H,6-7H2,1-4H3. The normalized spacial score (nSPS) is 12.2. The maximum Gasteiger partial charge on any atom is 0.401 e. The van der Waals surface area contributed by atoms with Gasteiger partial charge in [0.25, 0.3) is 0 Å². The largest absolute Gasteiger partial charge is 0.401 e. The lowest BCUT2D eigenvalue weighted by atomic mass is 10.1. The van der Waals surface area contributed by atoms with E-state index in [4.69, 9.17) is 0 Å². The number of aromatic nitrogens is 1. The predicted molar refractivity (Wildman–Crippen MR) is 62.8 cm³/mol. The molecule has 0 N–H and O–H groups in total. The third kappa shape index (κ3) is 3.60. The molecule has 0 spiro atoms. The van der Waals surface area contributed by atoms with Gasteiger partial charge in [0.15, 0.2) is 5.78 Å². The maximum absolute atomic E-state index is 12.1. The van der Waals surface area contributed by atoms with E-state index in [0.717, 1.165) is 16.3 Å². The van der Waals surface area contributed by atoms with Crippen LogP contribution in [0.25, 0.3) is 0 Å². The summed E-state index contributed by atoms with van der Waals surface area (Å²) in [6.45, 7) is 2.32. The van der Waals surface area contributed by atoms with Crippen LogP contribution in [0.4, 0.5) is 13.2 Å². The van der Waals surface area contributed by atoms with E-state index in [1.807, 2.05) is 18.5 Å². The van der Waals surface area contributed by atoms with Crippen molar-refractivity contribution in [1.29, 1.82) is 0 Å². The van der Waals surface area contributed by atoms with Crippen molar-refractivity contribution in [2.24, 2.45) is 7.05 Å². The van der Waals surface area contributed by atoms with Crippen molar-refractivity contribution in [2.45, 2.75) is 20.0 Å². The van der Waals surface area contributed by atoms with E-state index < -0.39 is 12.7 Å². The average Bonchev–Trinajstić information content (AvgIpc) is 2.43. The Hall–Kier alpha value is -1.30. The third-order valence-electron chi connectivity index (χ3n) is 2.94. The van der Waals surface area contributed by atoms with E-state index in [2.05, 4.69) is 0 Å². The van der Waals surface area contributed by atoms with Crippen molar-refractivity contribution in [3.63, 3.8) is 0 Å². The first kappa shape index (κ1) is 14.8. The number of hydrogen-bond donors (Lipinski definition) is 0. The highest BCUT2D eigenvalue weighted by molar-refractivity contribution is 5.99. The molecule has 102 valence electrons. The van der Waals surface area contributed by atoms with E-state index in [9.17, 15) is 18.0 Å². The van der Waals surface area contributed by atoms with Crippen LogP contribution in [0.3, 0.4) is 0 Å². The van der Waals surface area contributed by atoms with Gasteiger partial charge < -0.3 is 4.57 Å². The molecule has 1 aromatic rings. The van der Waals surface area contributed by atoms with E-state index in [-0.39, 0.29) is 12.3 Å². The number of ketones is 1. The predicted octanol–water partition coefficient (Wildman–Crippen LogP) is 2.32. The van der Waals surface area contributed by atoms with Crippen LogP contribution in [0.2, 0.25) is 0 Å². The number of nitrogens with zero attached hydrogens (tertiary/aromatic N) is 2. The molecule has 3 nitrogen and oxygen atoms in total. The first-order valence-electron chi connectivity index (χ1n) is 5.53. The first-order chi connectivity index (χ1) is 8.11. The summed E-state index contributed by atoms with van der Waals surface area (Å²) >= 11 is 0. The van der Waals surface area contributed by atoms with E-state index in [1.165, 1.54) is 7.05 Å². The molecule has 0 saturated carbocycles. The zero-order valence-corrected chi connectivity index (χ0v) is 10.9. The van der Waals surface area contributed by atoms with Crippen LogP contribution in [0, 0.1) is 13.8 Å². The number of aryl methyl sites for hydroxylation is 1. The van der Waals surface area contributed by atoms with Gasteiger partial charge in [0.1, 0.15) is 0 Å². The van der Waals surface area contributed by atoms with Crippen LogP contribution in [0.1, 0.15) is 21.7 Å². The summed E-state index contributed by atoms with van der Waals surface area (Å²) in [5, 5.41) is 0. The first-order valence-corrected chi connectivity index (χ1v) is 5.53. The number of carbonyl (C=O) groups is 1. The van der Waals surface area contributed by atoms with Gasteiger partial charge in [-0.05, 0) is 27.0 Å². The molecular weight excluding hydrogens is 245 g/mol. The highest BCUT2D eigenvalue weighted by Gasteiger charge is 2.30. The van der Waals surface area contributed by atoms with E-state index in [0.29, 0.717) is 5.56 Å². The summed E-state index contributed by atoms with van der Waals surface area (Å²) in [7, 11) is 3.11. The van der Waals surface area contributed by atoms with Crippen molar-refractivity contribution in [3.8, 4) is 0 Å². The van der Waals surface area contributed by atoms with E-state index >= 15 is 0 Å². The molecule has 0 aromatic carbocycles. The molecule has 6 heteroatoms. The summed E-state index contributed by atoms with van der Waals surface area (Å²) in [5.74, 6) is -0.289. The van der Waals surface area contributed by atoms with Crippen molar-refractivity contribution < 1.29 is 18.0 Å². The molecule has 0 aliphatic carbocycles. The minimum atomic E-state index is -4.28. The number of Topliss-reactive ketones (excluding diaryl/α,β-unsaturated/α-hetero) is 1. The van der Waals surface area contributed by atoms with Crippen LogP contribution in [0.15, 0.2) is 6.07 Å². The van der Waals surface area contributed by atoms with Crippen LogP contribution < -0.4 is 0 Å². The fraction of sp³-hybridized carbons (Fsp3) is 0.583. The molecule has 0 amide bonds. The highest BCUT2D eigenvalue weighted by Crippen LogP contribution is 2.17. The van der Waals surface area contributed by atoms with Crippen molar-refractivity contribution in [2.75, 3.05) is 20.1 Å². The molecule has 0 atom stereocenters. The molecule has 0 fully saturated rings. The van der Waals surface area contributed by atoms with Crippen LogP contribution in [0.5, 0.6) is 0 Å². The summed E-state index contributed by atoms with van der Waals surface area (Å²) in [5.41, 5.74) is 2.18. The molecule has 1 aromatic heterocycles. The summed E-state index contributed by atoms with van der Waals surface area (Å²) in [4.78, 5) is 12.9. The number of carbonyl (C=O) groups excluding carboxylic acids is 1. The number of hydrogen-bond acceptors (Lipinski definition) is 2. The Morgan fingerprint density at radius 3 is 2.33 bits per heavy atom. The monoisotopic (exact) mass is 262 g/mol. The van der Waals surface area contributed by atoms with Crippen molar-refractivity contribution in [3.05, 3.63) is 23.0 Å². The zero-order chi connectivity index (χ0) is 14.1. The lowest BCUT2D eigenvalue weighted by Crippen LogP contribution is -2.34. The quantitative estimate of drug-likeness (QED) is 0.778. The van der Waals surface area contributed by atoms with Gasteiger partial charge in [-0.25, -0.2) is 0 Å². The highest BCUT2D eigenvalue weighted by atomic mass is 19.4. The fourth-order valence-electron chi connectivity index (χ4n) is 1.83. The minimum Gasteiger partial charge on any atom is -0.351 e. The van der Waals surface area contributed by atoms with Crippen molar-refractivity contribution >= 4 is 5.78 Å². The van der Waals surface area contributed by atoms with Gasteiger partial charge in [-0.3, -0.25) is 9.69 Å². The second-order valence-corrected chi connectivity index (χ2v) is 4.55. The van der Waals surface area contributed by atoms with Gasteiger partial charge in [0.05, 0.1) is 13.1 Å². The Kier molecular flexibility index (Phi) is 4.21. The Morgan fingerprint density at radius 1 is 1.39 bits per heavy atom. The van der Waals surface area contributed by atoms with Gasteiger partial charge in [-0.1, -0.05) is 0 Å². The number of likely N-dealkylation sites (N-methyl/N-ethyl adjacent to an activating group) is 1. The zero-order valence-electron chi connectivity index (χ0n) is 10.9. The Balaban J connectivity index is 2.74. The fourth-order valence-corrected chi connectivity index (χ4v) is 1.83. The summed E-state index contributed by atoms with van der Waals surface area (Å²) < 4.78 is 38.3. The van der Waals surface area contributed by atoms with Crippen LogP contribution in [-0.2, 0) is 7.05 Å². The molecule has 0 saturated heterocycles. The summed E-state index contributed by atoms with van der Waals surface area (Å²) in [6.07, 6.45) is -4.28. The van der Waals surface area contributed by atoms with Gasteiger partial charge in [0, 0.05) is 24.0 Å². The third-order valence-corrected chi connectivity index (χ3v) is 2.94. The Morgan fingerprint density at radius 2 is 1.94 bits per heavy atom. The molecule has 0 aliphatic rings. The molecule has 1 heterocycles. The van der Waals surface area contributed by atoms with Gasteiger partial charge >= 0.3 is 6.18 Å². The van der Waals surface area contributed by atoms with Crippen LogP contribution >= 0.6 is 0 Å².